The molecule has 0 bridgehead atoms. The predicted octanol–water partition coefficient (Wildman–Crippen LogP) is 15.2. The molecule has 1 amide bonds. The molecule has 0 fully saturated rings. The lowest BCUT2D eigenvalue weighted by atomic mass is 10.1. The third-order valence-electron chi connectivity index (χ3n) is 8.52. The number of benzene rings is 5. The van der Waals surface area contributed by atoms with E-state index in [0.29, 0.717) is 6.54 Å². The highest BCUT2D eigenvalue weighted by atomic mass is 16.6. The maximum atomic E-state index is 11.4. The third kappa shape index (κ3) is 28.0. The number of nitrogens with zero attached hydrogens (tertiary/aromatic N) is 5. The van der Waals surface area contributed by atoms with E-state index in [-0.39, 0.29) is 13.5 Å². The summed E-state index contributed by atoms with van der Waals surface area (Å²) < 4.78 is 5.15. The molecule has 5 aromatic carbocycles. The van der Waals surface area contributed by atoms with E-state index in [4.69, 9.17) is 4.74 Å². The summed E-state index contributed by atoms with van der Waals surface area (Å²) in [7, 11) is 0. The Morgan fingerprint density at radius 3 is 1.20 bits per heavy atom. The molecule has 5 aromatic rings. The number of hydrogen-bond donors (Lipinski definition) is 1. The zero-order valence-corrected chi connectivity index (χ0v) is 39.1. The van der Waals surface area contributed by atoms with Gasteiger partial charge in [0.25, 0.3) is 0 Å². The number of alkyl carbamates (subject to hydrolysis) is 1. The van der Waals surface area contributed by atoms with E-state index in [1.54, 1.807) is 0 Å². The van der Waals surface area contributed by atoms with Crippen LogP contribution in [0.15, 0.2) is 179 Å². The Bertz CT molecular complexity index is 2300. The van der Waals surface area contributed by atoms with Crippen LogP contribution >= 0.6 is 0 Å². The third-order valence-corrected chi connectivity index (χ3v) is 8.52. The average molecular weight is 871 g/mol. The van der Waals surface area contributed by atoms with Gasteiger partial charge in [0.15, 0.2) is 0 Å². The lowest BCUT2D eigenvalue weighted by Gasteiger charge is -2.19. The normalized spacial score (nSPS) is 9.22. The summed E-state index contributed by atoms with van der Waals surface area (Å²) in [5.74, 6) is 12.5. The summed E-state index contributed by atoms with van der Waals surface area (Å²) in [6.45, 7) is 31.7. The molecule has 0 heterocycles. The fourth-order valence-corrected chi connectivity index (χ4v) is 5.35. The van der Waals surface area contributed by atoms with Crippen LogP contribution in [0.5, 0.6) is 0 Å². The van der Waals surface area contributed by atoms with Gasteiger partial charge in [-0.2, -0.15) is 0 Å². The summed E-state index contributed by atoms with van der Waals surface area (Å²) in [5.41, 5.74) is 10.5. The van der Waals surface area contributed by atoms with Gasteiger partial charge >= 0.3 is 6.09 Å². The van der Waals surface area contributed by atoms with Gasteiger partial charge in [-0.1, -0.05) is 102 Å². The smallest absolute Gasteiger partial charge is 0.407 e. The van der Waals surface area contributed by atoms with E-state index in [1.165, 1.54) is 28.7 Å². The van der Waals surface area contributed by atoms with Crippen LogP contribution in [-0.2, 0) is 36.8 Å². The number of carbonyl (C=O) groups excluding carboxylic acids is 1. The van der Waals surface area contributed by atoms with Crippen LogP contribution < -0.4 is 5.32 Å². The van der Waals surface area contributed by atoms with Crippen molar-refractivity contribution in [3.05, 3.63) is 182 Å². The highest BCUT2D eigenvalue weighted by Crippen LogP contribution is 2.16. The van der Waals surface area contributed by atoms with E-state index in [1.807, 2.05) is 99.6 Å². The molecule has 0 unspecified atom stereocenters. The number of ether oxygens (including phenoxy) is 1. The molecule has 0 aliphatic heterocycles. The molecule has 0 spiro atoms. The zero-order chi connectivity index (χ0) is 47.4. The van der Waals surface area contributed by atoms with Crippen LogP contribution in [0.1, 0.15) is 90.1 Å². The lowest BCUT2D eigenvalue weighted by Crippen LogP contribution is -2.33. The average Bonchev–Trinajstić information content (AvgIpc) is 3.29. The number of amides is 1. The largest absolute Gasteiger partial charge is 0.444 e. The minimum Gasteiger partial charge on any atom is -0.444 e. The van der Waals surface area contributed by atoms with E-state index in [0.717, 1.165) is 66.1 Å². The number of aliphatic imine (C=N–C) groups is 5. The Labute approximate surface area is 390 Å². The standard InChI is InChI=1S/C15H20N2O2.C11H13N.3C10H11N.CH4/c1-5-16-13-8-6-12(7-9-13)10-11-17-14(18)19-15(2,3)4;1-3-6-10-7-5-8-11(9-10)12-4-2;2*1-3-9-5-7-10(8-6-9)11-4-2;1-3-9-6-5-7-10(8-9)11-4-2;/h6-9H,1,10-11H2,2-4H3,(H,17,18);5,7-9H,2-3,6H2,1H3;3*5-8H,2-3H2,1H3;1H4. The van der Waals surface area contributed by atoms with Crippen molar-refractivity contribution in [3.63, 3.8) is 0 Å². The van der Waals surface area contributed by atoms with Crippen LogP contribution in [0, 0.1) is 0 Å². The van der Waals surface area contributed by atoms with Crippen molar-refractivity contribution in [2.45, 2.75) is 100 Å². The Kier molecular flexibility index (Phi) is 31.1. The fraction of sp³-hybridized carbons (Fsp3) is 0.281. The van der Waals surface area contributed by atoms with Gasteiger partial charge in [0, 0.05) is 6.54 Å². The van der Waals surface area contributed by atoms with Gasteiger partial charge in [-0.25, -0.2) is 29.8 Å². The molecule has 5 rings (SSSR count). The molecule has 0 saturated heterocycles. The Hall–Kier alpha value is -7.38. The number of hydrogen-bond acceptors (Lipinski definition) is 7. The maximum Gasteiger partial charge on any atom is 0.407 e. The quantitative estimate of drug-likeness (QED) is 0.119. The molecule has 0 radical (unpaired) electrons. The highest BCUT2D eigenvalue weighted by molar-refractivity contribution is 5.67. The predicted molar refractivity (Wildman–Crippen MR) is 283 cm³/mol. The summed E-state index contributed by atoms with van der Waals surface area (Å²) in [6.07, 6.45) is 5.82. The first kappa shape index (κ1) is 57.6. The monoisotopic (exact) mass is 871 g/mol. The first-order valence-corrected chi connectivity index (χ1v) is 21.4. The van der Waals surface area contributed by atoms with E-state index in [2.05, 4.69) is 163 Å². The SMILES string of the molecule is C.C=C=Nc1ccc(CC)cc1.C=C=Nc1ccc(CC)cc1.C=C=Nc1ccc(CCNC(=O)OC(C)(C)C)cc1.C=C=Nc1cccc(CC)c1.C=C=Nc1cccc(CCC)c1. The van der Waals surface area contributed by atoms with Gasteiger partial charge in [-0.3, -0.25) is 0 Å². The second-order valence-corrected chi connectivity index (χ2v) is 14.7. The molecular formula is C57H70N6O2. The molecular weight excluding hydrogens is 801 g/mol. The van der Waals surface area contributed by atoms with Crippen LogP contribution in [0.2, 0.25) is 0 Å². The van der Waals surface area contributed by atoms with Crippen molar-refractivity contribution < 1.29 is 9.53 Å². The van der Waals surface area contributed by atoms with Gasteiger partial charge in [0.1, 0.15) is 5.60 Å². The van der Waals surface area contributed by atoms with Crippen LogP contribution in [0.4, 0.5) is 33.2 Å². The van der Waals surface area contributed by atoms with Crippen molar-refractivity contribution in [3.8, 4) is 0 Å². The number of nitrogens with one attached hydrogen (secondary N) is 1. The van der Waals surface area contributed by atoms with Crippen molar-refractivity contribution in [2.24, 2.45) is 25.0 Å². The zero-order valence-electron chi connectivity index (χ0n) is 39.1. The lowest BCUT2D eigenvalue weighted by molar-refractivity contribution is 0.0528. The van der Waals surface area contributed by atoms with Gasteiger partial charge in [0.2, 0.25) is 0 Å². The molecule has 0 aliphatic rings. The fourth-order valence-electron chi connectivity index (χ4n) is 5.35. The molecule has 340 valence electrons. The molecule has 8 nitrogen and oxygen atoms in total. The molecule has 65 heavy (non-hydrogen) atoms. The van der Waals surface area contributed by atoms with E-state index >= 15 is 0 Å². The number of rotatable bonds is 13. The highest BCUT2D eigenvalue weighted by Gasteiger charge is 2.15. The molecule has 0 atom stereocenters. The van der Waals surface area contributed by atoms with Gasteiger partial charge < -0.3 is 10.1 Å². The van der Waals surface area contributed by atoms with Crippen LogP contribution in [0.25, 0.3) is 0 Å². The van der Waals surface area contributed by atoms with Crippen molar-refractivity contribution in [1.29, 1.82) is 0 Å². The van der Waals surface area contributed by atoms with E-state index in [9.17, 15) is 4.79 Å². The first-order chi connectivity index (χ1) is 30.9. The maximum absolute atomic E-state index is 11.4. The van der Waals surface area contributed by atoms with E-state index < -0.39 is 5.60 Å². The van der Waals surface area contributed by atoms with Gasteiger partial charge in [-0.15, -0.1) is 0 Å². The Morgan fingerprint density at radius 2 is 0.846 bits per heavy atom. The molecule has 0 saturated carbocycles. The first-order valence-electron chi connectivity index (χ1n) is 21.4. The minimum atomic E-state index is -0.464. The van der Waals surface area contributed by atoms with Gasteiger partial charge in [-0.05, 0) is 204 Å². The second-order valence-electron chi connectivity index (χ2n) is 14.7. The van der Waals surface area contributed by atoms with Crippen LogP contribution in [0.3, 0.4) is 0 Å². The Morgan fingerprint density at radius 1 is 0.492 bits per heavy atom. The van der Waals surface area contributed by atoms with Crippen molar-refractivity contribution in [2.75, 3.05) is 6.54 Å². The molecule has 0 aromatic heterocycles. The Balaban J connectivity index is 0.000000800. The van der Waals surface area contributed by atoms with Crippen LogP contribution in [-0.4, -0.2) is 47.6 Å². The topological polar surface area (TPSA) is 100 Å². The summed E-state index contributed by atoms with van der Waals surface area (Å²) in [6, 6.07) is 40.1. The summed E-state index contributed by atoms with van der Waals surface area (Å²) in [4.78, 5) is 31.2. The van der Waals surface area contributed by atoms with Crippen molar-refractivity contribution >= 4 is 63.9 Å². The molecule has 0 aliphatic carbocycles. The minimum absolute atomic E-state index is 0. The number of aryl methyl sites for hydroxylation is 4. The second kappa shape index (κ2) is 35.1. The summed E-state index contributed by atoms with van der Waals surface area (Å²) in [5, 5.41) is 2.72. The van der Waals surface area contributed by atoms with Crippen molar-refractivity contribution in [1.82, 2.24) is 5.32 Å². The number of carbonyl (C=O) groups is 1. The summed E-state index contributed by atoms with van der Waals surface area (Å²) >= 11 is 0. The molecule has 8 heteroatoms. The molecule has 1 N–H and O–H groups in total. The van der Waals surface area contributed by atoms with Gasteiger partial charge in [0.05, 0.1) is 28.4 Å².